The standard InChI is InChI=1S/C14H21IN2/c1-12(15)16(2)14-8-9-17(11-14)10-13-6-4-3-5-7-13/h3-7,12,14H,8-11H2,1-2H3. The highest BCUT2D eigenvalue weighted by molar-refractivity contribution is 14.1. The second-order valence-electron chi connectivity index (χ2n) is 4.90. The maximum absolute atomic E-state index is 2.56. The number of hydrogen-bond acceptors (Lipinski definition) is 2. The molecule has 2 unspecified atom stereocenters. The Balaban J connectivity index is 1.86. The lowest BCUT2D eigenvalue weighted by Gasteiger charge is -2.27. The van der Waals surface area contributed by atoms with Gasteiger partial charge in [-0.15, -0.1) is 0 Å². The molecule has 17 heavy (non-hydrogen) atoms. The van der Waals surface area contributed by atoms with Crippen molar-refractivity contribution in [1.82, 2.24) is 9.80 Å². The molecule has 1 fully saturated rings. The molecule has 1 aromatic carbocycles. The van der Waals surface area contributed by atoms with Crippen LogP contribution in [0.3, 0.4) is 0 Å². The van der Waals surface area contributed by atoms with Crippen molar-refractivity contribution in [2.75, 3.05) is 20.1 Å². The van der Waals surface area contributed by atoms with Gasteiger partial charge < -0.3 is 0 Å². The minimum Gasteiger partial charge on any atom is -0.297 e. The Kier molecular flexibility index (Phi) is 4.82. The third-order valence-electron chi connectivity index (χ3n) is 3.63. The molecule has 0 aliphatic carbocycles. The molecule has 2 nitrogen and oxygen atoms in total. The monoisotopic (exact) mass is 344 g/mol. The SMILES string of the molecule is CC(I)N(C)C1CCN(Cc2ccccc2)C1. The molecule has 94 valence electrons. The predicted molar refractivity (Wildman–Crippen MR) is 81.4 cm³/mol. The molecule has 0 amide bonds. The number of rotatable bonds is 4. The van der Waals surface area contributed by atoms with Gasteiger partial charge in [0.2, 0.25) is 0 Å². The third kappa shape index (κ3) is 3.66. The van der Waals surface area contributed by atoms with E-state index in [1.165, 1.54) is 25.1 Å². The van der Waals surface area contributed by atoms with Gasteiger partial charge in [0, 0.05) is 25.7 Å². The minimum absolute atomic E-state index is 0.620. The van der Waals surface area contributed by atoms with Crippen molar-refractivity contribution < 1.29 is 0 Å². The van der Waals surface area contributed by atoms with Crippen molar-refractivity contribution in [3.05, 3.63) is 35.9 Å². The van der Waals surface area contributed by atoms with Crippen molar-refractivity contribution in [2.45, 2.75) is 30.0 Å². The topological polar surface area (TPSA) is 6.48 Å². The van der Waals surface area contributed by atoms with Crippen LogP contribution in [0.15, 0.2) is 30.3 Å². The lowest BCUT2D eigenvalue weighted by atomic mass is 10.2. The molecule has 0 aromatic heterocycles. The number of nitrogens with zero attached hydrogens (tertiary/aromatic N) is 2. The Labute approximate surface area is 118 Å². The Morgan fingerprint density at radius 2 is 2.12 bits per heavy atom. The van der Waals surface area contributed by atoms with Gasteiger partial charge in [-0.1, -0.05) is 52.9 Å². The van der Waals surface area contributed by atoms with E-state index in [2.05, 4.69) is 76.7 Å². The fourth-order valence-electron chi connectivity index (χ4n) is 2.42. The zero-order valence-electron chi connectivity index (χ0n) is 10.6. The van der Waals surface area contributed by atoms with Crippen LogP contribution in [0.4, 0.5) is 0 Å². The van der Waals surface area contributed by atoms with E-state index in [4.69, 9.17) is 0 Å². The smallest absolute Gasteiger partial charge is 0.0590 e. The average molecular weight is 344 g/mol. The lowest BCUT2D eigenvalue weighted by Crippen LogP contribution is -2.37. The van der Waals surface area contributed by atoms with Crippen LogP contribution in [0.5, 0.6) is 0 Å². The molecular formula is C14H21IN2. The molecule has 0 saturated carbocycles. The maximum atomic E-state index is 2.56. The summed E-state index contributed by atoms with van der Waals surface area (Å²) in [6.07, 6.45) is 1.30. The number of hydrogen-bond donors (Lipinski definition) is 0. The molecule has 0 bridgehead atoms. The number of halogens is 1. The van der Waals surface area contributed by atoms with E-state index in [9.17, 15) is 0 Å². The van der Waals surface area contributed by atoms with Crippen LogP contribution >= 0.6 is 22.6 Å². The first-order valence-electron chi connectivity index (χ1n) is 6.29. The first-order valence-corrected chi connectivity index (χ1v) is 7.53. The molecule has 0 radical (unpaired) electrons. The molecular weight excluding hydrogens is 323 g/mol. The predicted octanol–water partition coefficient (Wildman–Crippen LogP) is 2.97. The zero-order valence-corrected chi connectivity index (χ0v) is 12.8. The van der Waals surface area contributed by atoms with Gasteiger partial charge in [-0.05, 0) is 26.0 Å². The van der Waals surface area contributed by atoms with Crippen molar-refractivity contribution in [1.29, 1.82) is 0 Å². The molecule has 1 aromatic rings. The fraction of sp³-hybridized carbons (Fsp3) is 0.571. The highest BCUT2D eigenvalue weighted by atomic mass is 127. The zero-order chi connectivity index (χ0) is 12.3. The highest BCUT2D eigenvalue weighted by Crippen LogP contribution is 2.20. The number of benzene rings is 1. The van der Waals surface area contributed by atoms with E-state index < -0.39 is 0 Å². The van der Waals surface area contributed by atoms with Crippen LogP contribution in [-0.4, -0.2) is 40.0 Å². The van der Waals surface area contributed by atoms with Crippen LogP contribution in [0, 0.1) is 0 Å². The summed E-state index contributed by atoms with van der Waals surface area (Å²) in [7, 11) is 2.24. The summed E-state index contributed by atoms with van der Waals surface area (Å²) in [5.74, 6) is 0. The summed E-state index contributed by atoms with van der Waals surface area (Å²) < 4.78 is 0.620. The van der Waals surface area contributed by atoms with E-state index in [-0.39, 0.29) is 0 Å². The van der Waals surface area contributed by atoms with Gasteiger partial charge >= 0.3 is 0 Å². The number of likely N-dealkylation sites (N-methyl/N-ethyl adjacent to an activating group) is 1. The largest absolute Gasteiger partial charge is 0.297 e. The Hall–Kier alpha value is -0.130. The van der Waals surface area contributed by atoms with E-state index in [1.54, 1.807) is 0 Å². The van der Waals surface area contributed by atoms with E-state index in [0.717, 1.165) is 12.6 Å². The summed E-state index contributed by atoms with van der Waals surface area (Å²) in [5, 5.41) is 0. The Bertz CT molecular complexity index is 339. The van der Waals surface area contributed by atoms with E-state index in [1.807, 2.05) is 0 Å². The lowest BCUT2D eigenvalue weighted by molar-refractivity contribution is 0.231. The Morgan fingerprint density at radius 1 is 1.41 bits per heavy atom. The molecule has 0 N–H and O–H groups in total. The molecule has 1 saturated heterocycles. The normalized spacial score (nSPS) is 23.2. The van der Waals surface area contributed by atoms with Crippen LogP contribution in [-0.2, 0) is 6.54 Å². The van der Waals surface area contributed by atoms with Crippen molar-refractivity contribution in [3.63, 3.8) is 0 Å². The summed E-state index contributed by atoms with van der Waals surface area (Å²) in [6.45, 7) is 5.80. The van der Waals surface area contributed by atoms with Crippen molar-refractivity contribution in [3.8, 4) is 0 Å². The van der Waals surface area contributed by atoms with Crippen LogP contribution in [0.2, 0.25) is 0 Å². The summed E-state index contributed by atoms with van der Waals surface area (Å²) in [4.78, 5) is 5.06. The molecule has 0 spiro atoms. The van der Waals surface area contributed by atoms with Crippen molar-refractivity contribution in [2.24, 2.45) is 0 Å². The minimum atomic E-state index is 0.620. The fourth-order valence-corrected chi connectivity index (χ4v) is 2.88. The van der Waals surface area contributed by atoms with Gasteiger partial charge in [0.1, 0.15) is 0 Å². The van der Waals surface area contributed by atoms with E-state index in [0.29, 0.717) is 4.05 Å². The third-order valence-corrected chi connectivity index (χ3v) is 4.51. The first-order chi connectivity index (χ1) is 8.16. The van der Waals surface area contributed by atoms with Crippen LogP contribution in [0.25, 0.3) is 0 Å². The van der Waals surface area contributed by atoms with Gasteiger partial charge in [-0.3, -0.25) is 9.80 Å². The molecule has 1 aliphatic rings. The highest BCUT2D eigenvalue weighted by Gasteiger charge is 2.26. The second kappa shape index (κ2) is 6.16. The second-order valence-corrected chi connectivity index (χ2v) is 6.71. The first kappa shape index (κ1) is 13.3. The van der Waals surface area contributed by atoms with Gasteiger partial charge in [-0.2, -0.15) is 0 Å². The van der Waals surface area contributed by atoms with Crippen LogP contribution < -0.4 is 0 Å². The Morgan fingerprint density at radius 3 is 2.76 bits per heavy atom. The van der Waals surface area contributed by atoms with Gasteiger partial charge in [0.05, 0.1) is 4.05 Å². The quantitative estimate of drug-likeness (QED) is 0.471. The molecule has 1 heterocycles. The summed E-state index contributed by atoms with van der Waals surface area (Å²) in [6, 6.07) is 11.5. The van der Waals surface area contributed by atoms with Crippen molar-refractivity contribution >= 4 is 22.6 Å². The van der Waals surface area contributed by atoms with Gasteiger partial charge in [0.15, 0.2) is 0 Å². The molecule has 1 aliphatic heterocycles. The molecule has 2 atom stereocenters. The van der Waals surface area contributed by atoms with Gasteiger partial charge in [-0.25, -0.2) is 0 Å². The van der Waals surface area contributed by atoms with Gasteiger partial charge in [0.25, 0.3) is 0 Å². The molecule has 3 heteroatoms. The summed E-state index contributed by atoms with van der Waals surface area (Å²) in [5.41, 5.74) is 1.43. The molecule has 2 rings (SSSR count). The van der Waals surface area contributed by atoms with Crippen LogP contribution in [0.1, 0.15) is 18.9 Å². The number of alkyl halides is 1. The average Bonchev–Trinajstić information content (AvgIpc) is 2.77. The summed E-state index contributed by atoms with van der Waals surface area (Å²) >= 11 is 2.50. The maximum Gasteiger partial charge on any atom is 0.0590 e. The number of likely N-dealkylation sites (tertiary alicyclic amines) is 1. The van der Waals surface area contributed by atoms with E-state index >= 15 is 0 Å².